The molecule has 0 saturated carbocycles. The van der Waals surface area contributed by atoms with Gasteiger partial charge in [-0.05, 0) is 71.8 Å². The van der Waals surface area contributed by atoms with Crippen LogP contribution in [-0.4, -0.2) is 19.1 Å². The number of rotatable bonds is 6. The van der Waals surface area contributed by atoms with E-state index in [0.29, 0.717) is 5.82 Å². The van der Waals surface area contributed by atoms with E-state index in [1.165, 1.54) is 32.7 Å². The van der Waals surface area contributed by atoms with Crippen LogP contribution in [0.15, 0.2) is 223 Å². The molecular formula is C58H36N4O. The van der Waals surface area contributed by atoms with Gasteiger partial charge in [0.2, 0.25) is 0 Å². The van der Waals surface area contributed by atoms with Gasteiger partial charge in [0.05, 0.1) is 39.1 Å². The summed E-state index contributed by atoms with van der Waals surface area (Å²) in [7, 11) is 0. The first-order valence-corrected chi connectivity index (χ1v) is 21.3. The molecule has 0 saturated heterocycles. The van der Waals surface area contributed by atoms with Crippen LogP contribution in [-0.2, 0) is 0 Å². The fourth-order valence-corrected chi connectivity index (χ4v) is 9.70. The van der Waals surface area contributed by atoms with Crippen molar-refractivity contribution in [2.45, 2.75) is 0 Å². The van der Waals surface area contributed by atoms with E-state index < -0.39 is 0 Å². The molecule has 4 heterocycles. The molecule has 5 nitrogen and oxygen atoms in total. The highest BCUT2D eigenvalue weighted by atomic mass is 16.3. The van der Waals surface area contributed by atoms with Crippen LogP contribution in [0.2, 0.25) is 0 Å². The normalized spacial score (nSPS) is 11.8. The number of aromatic nitrogens is 4. The molecule has 5 heteroatoms. The number of furan rings is 1. The molecule has 4 aromatic heterocycles. The highest BCUT2D eigenvalue weighted by Gasteiger charge is 2.21. The third-order valence-corrected chi connectivity index (χ3v) is 12.6. The van der Waals surface area contributed by atoms with E-state index in [1.54, 1.807) is 0 Å². The fraction of sp³-hybridized carbons (Fsp3) is 0. The minimum atomic E-state index is 0.706. The van der Waals surface area contributed by atoms with Gasteiger partial charge in [-0.25, -0.2) is 9.97 Å². The molecule has 0 fully saturated rings. The second-order valence-corrected chi connectivity index (χ2v) is 16.1. The smallest absolute Gasteiger partial charge is 0.160 e. The topological polar surface area (TPSA) is 48.8 Å². The minimum Gasteiger partial charge on any atom is -0.454 e. The van der Waals surface area contributed by atoms with E-state index in [0.717, 1.165) is 83.5 Å². The molecule has 0 aliphatic rings. The molecule has 294 valence electrons. The molecule has 0 aliphatic heterocycles. The number of benzene rings is 9. The Morgan fingerprint density at radius 1 is 0.349 bits per heavy atom. The molecule has 13 rings (SSSR count). The van der Waals surface area contributed by atoms with Gasteiger partial charge in [0.25, 0.3) is 0 Å². The molecule has 63 heavy (non-hydrogen) atoms. The Hall–Kier alpha value is -8.54. The molecule has 0 atom stereocenters. The summed E-state index contributed by atoms with van der Waals surface area (Å²) in [6.45, 7) is 0. The average Bonchev–Trinajstić information content (AvgIpc) is 4.02. The lowest BCUT2D eigenvalue weighted by molar-refractivity contribution is 0.666. The number of hydrogen-bond acceptors (Lipinski definition) is 3. The summed E-state index contributed by atoms with van der Waals surface area (Å²) >= 11 is 0. The van der Waals surface area contributed by atoms with Gasteiger partial charge in [-0.2, -0.15) is 0 Å². The summed E-state index contributed by atoms with van der Waals surface area (Å²) in [4.78, 5) is 10.1. The van der Waals surface area contributed by atoms with Crippen LogP contribution in [0.1, 0.15) is 0 Å². The molecular weight excluding hydrogens is 769 g/mol. The van der Waals surface area contributed by atoms with Gasteiger partial charge < -0.3 is 13.6 Å². The van der Waals surface area contributed by atoms with E-state index in [1.807, 2.05) is 48.5 Å². The van der Waals surface area contributed by atoms with Crippen molar-refractivity contribution in [3.63, 3.8) is 0 Å². The highest BCUT2D eigenvalue weighted by Crippen LogP contribution is 2.43. The Morgan fingerprint density at radius 2 is 0.921 bits per heavy atom. The quantitative estimate of drug-likeness (QED) is 0.168. The Labute approximate surface area is 362 Å². The zero-order valence-corrected chi connectivity index (χ0v) is 34.0. The largest absolute Gasteiger partial charge is 0.454 e. The van der Waals surface area contributed by atoms with Crippen LogP contribution < -0.4 is 0 Å². The second kappa shape index (κ2) is 14.0. The third kappa shape index (κ3) is 5.57. The molecule has 0 amide bonds. The maximum atomic E-state index is 6.57. The zero-order chi connectivity index (χ0) is 41.4. The lowest BCUT2D eigenvalue weighted by Gasteiger charge is -2.12. The Kier molecular flexibility index (Phi) is 7.84. The maximum Gasteiger partial charge on any atom is 0.160 e. The SMILES string of the molecule is c1ccc(-c2cc(-c3ccc(-n4c5ccccc5c5c(-c6ccc7c(c6)c6ccccc6n7-c6cccc7c6oc6ccccc67)cccc54)cc3)nc(-c3ccccc3)n2)cc1. The van der Waals surface area contributed by atoms with Crippen molar-refractivity contribution in [1.29, 1.82) is 0 Å². The first-order valence-electron chi connectivity index (χ1n) is 21.3. The van der Waals surface area contributed by atoms with E-state index in [4.69, 9.17) is 14.4 Å². The van der Waals surface area contributed by atoms with Crippen molar-refractivity contribution < 1.29 is 4.42 Å². The van der Waals surface area contributed by atoms with Crippen LogP contribution in [0.25, 0.3) is 122 Å². The van der Waals surface area contributed by atoms with Gasteiger partial charge in [-0.15, -0.1) is 0 Å². The fourth-order valence-electron chi connectivity index (χ4n) is 9.70. The number of hydrogen-bond donors (Lipinski definition) is 0. The lowest BCUT2D eigenvalue weighted by Crippen LogP contribution is -1.97. The molecule has 9 aromatic carbocycles. The van der Waals surface area contributed by atoms with Gasteiger partial charge in [0.1, 0.15) is 5.58 Å². The summed E-state index contributed by atoms with van der Waals surface area (Å²) in [6, 6.07) is 77.3. The lowest BCUT2D eigenvalue weighted by atomic mass is 9.98. The van der Waals surface area contributed by atoms with E-state index in [-0.39, 0.29) is 0 Å². The molecule has 0 radical (unpaired) electrons. The van der Waals surface area contributed by atoms with E-state index >= 15 is 0 Å². The molecule has 0 spiro atoms. The maximum absolute atomic E-state index is 6.57. The standard InChI is InChI=1S/C58H36N4O/c1-3-15-37(16-4-1)48-36-49(60-58(59-48)39-17-5-2-6-18-39)38-29-32-41(33-30-38)61-51-25-11-8-21-46(51)56-42(22-13-26-53(56)61)40-31-34-52-47(35-40)43-19-7-10-24-50(43)62(52)54-27-14-23-45-44-20-9-12-28-55(44)63-57(45)54/h1-36H. The molecule has 13 aromatic rings. The van der Waals surface area contributed by atoms with E-state index in [9.17, 15) is 0 Å². The first-order chi connectivity index (χ1) is 31.2. The van der Waals surface area contributed by atoms with Crippen molar-refractivity contribution in [3.05, 3.63) is 218 Å². The Balaban J connectivity index is 0.949. The Bertz CT molecular complexity index is 3840. The molecule has 0 unspecified atom stereocenters. The molecule has 0 N–H and O–H groups in total. The summed E-state index contributed by atoms with van der Waals surface area (Å²) in [5.74, 6) is 0.706. The van der Waals surface area contributed by atoms with Gasteiger partial charge in [-0.1, -0.05) is 158 Å². The predicted octanol–water partition coefficient (Wildman–Crippen LogP) is 15.2. The zero-order valence-electron chi connectivity index (χ0n) is 34.0. The van der Waals surface area contributed by atoms with Crippen LogP contribution in [0.3, 0.4) is 0 Å². The van der Waals surface area contributed by atoms with Crippen molar-refractivity contribution >= 4 is 65.6 Å². The van der Waals surface area contributed by atoms with Crippen molar-refractivity contribution in [2.75, 3.05) is 0 Å². The van der Waals surface area contributed by atoms with Gasteiger partial charge in [0.15, 0.2) is 11.4 Å². The van der Waals surface area contributed by atoms with Crippen molar-refractivity contribution in [3.8, 4) is 56.4 Å². The van der Waals surface area contributed by atoms with Crippen LogP contribution in [0, 0.1) is 0 Å². The van der Waals surface area contributed by atoms with Gasteiger partial charge in [-0.3, -0.25) is 0 Å². The van der Waals surface area contributed by atoms with Crippen molar-refractivity contribution in [1.82, 2.24) is 19.1 Å². The minimum absolute atomic E-state index is 0.706. The number of para-hydroxylation sites is 4. The van der Waals surface area contributed by atoms with Crippen LogP contribution in [0.5, 0.6) is 0 Å². The second-order valence-electron chi connectivity index (χ2n) is 16.1. The van der Waals surface area contributed by atoms with Crippen LogP contribution in [0.4, 0.5) is 0 Å². The predicted molar refractivity (Wildman–Crippen MR) is 260 cm³/mol. The first kappa shape index (κ1) is 35.2. The van der Waals surface area contributed by atoms with Gasteiger partial charge in [0, 0.05) is 54.7 Å². The molecule has 0 bridgehead atoms. The van der Waals surface area contributed by atoms with Crippen molar-refractivity contribution in [2.24, 2.45) is 0 Å². The highest BCUT2D eigenvalue weighted by molar-refractivity contribution is 6.18. The summed E-state index contributed by atoms with van der Waals surface area (Å²) in [5, 5.41) is 7.08. The van der Waals surface area contributed by atoms with Crippen LogP contribution >= 0.6 is 0 Å². The Morgan fingerprint density at radius 3 is 1.70 bits per heavy atom. The number of nitrogens with zero attached hydrogens (tertiary/aromatic N) is 4. The van der Waals surface area contributed by atoms with E-state index in [2.05, 4.69) is 179 Å². The monoisotopic (exact) mass is 804 g/mol. The summed E-state index contributed by atoms with van der Waals surface area (Å²) in [5.41, 5.74) is 15.7. The summed E-state index contributed by atoms with van der Waals surface area (Å²) in [6.07, 6.45) is 0. The number of fused-ring (bicyclic) bond motifs is 9. The average molecular weight is 805 g/mol. The van der Waals surface area contributed by atoms with Gasteiger partial charge >= 0.3 is 0 Å². The molecule has 0 aliphatic carbocycles. The third-order valence-electron chi connectivity index (χ3n) is 12.6. The summed E-state index contributed by atoms with van der Waals surface area (Å²) < 4.78 is 11.3.